The molecule has 1 aliphatic heterocycles. The number of amidine groups is 1. The molecule has 0 saturated carbocycles. The zero-order chi connectivity index (χ0) is 15.0. The van der Waals surface area contributed by atoms with Crippen LogP contribution in [0, 0.1) is 19.7 Å². The van der Waals surface area contributed by atoms with Crippen LogP contribution in [0.5, 0.6) is 0 Å². The van der Waals surface area contributed by atoms with Crippen molar-refractivity contribution in [3.63, 3.8) is 0 Å². The Morgan fingerprint density at radius 3 is 2.57 bits per heavy atom. The van der Waals surface area contributed by atoms with E-state index in [-0.39, 0.29) is 11.9 Å². The number of halogens is 2. The first-order valence-corrected chi connectivity index (χ1v) is 7.82. The van der Waals surface area contributed by atoms with Crippen LogP contribution in [0.25, 0.3) is 0 Å². The molecule has 1 aliphatic rings. The number of aryl methyl sites for hydroxylation is 1. The van der Waals surface area contributed by atoms with E-state index in [9.17, 15) is 4.39 Å². The van der Waals surface area contributed by atoms with Gasteiger partial charge in [0.25, 0.3) is 0 Å². The standard InChI is InChI=1S/C16H14ClFN2S/c1-9-8-21-15(10(9)2)14-13(17)7-19-16(20-14)11-3-5-12(18)6-4-11/h3-8,14H,1-2H3,(H,19,20). The summed E-state index contributed by atoms with van der Waals surface area (Å²) in [6.45, 7) is 4.18. The lowest BCUT2D eigenvalue weighted by Gasteiger charge is -2.23. The molecule has 1 N–H and O–H groups in total. The van der Waals surface area contributed by atoms with E-state index in [0.717, 1.165) is 5.56 Å². The Morgan fingerprint density at radius 1 is 1.24 bits per heavy atom. The maximum atomic E-state index is 13.0. The first kappa shape index (κ1) is 14.3. The third kappa shape index (κ3) is 2.74. The van der Waals surface area contributed by atoms with Gasteiger partial charge in [0.15, 0.2) is 0 Å². The van der Waals surface area contributed by atoms with Gasteiger partial charge in [-0.1, -0.05) is 11.6 Å². The highest BCUT2D eigenvalue weighted by Gasteiger charge is 2.24. The van der Waals surface area contributed by atoms with Crippen LogP contribution in [0.4, 0.5) is 4.39 Å². The third-order valence-corrected chi connectivity index (χ3v) is 5.16. The average Bonchev–Trinajstić information content (AvgIpc) is 2.81. The summed E-state index contributed by atoms with van der Waals surface area (Å²) in [4.78, 5) is 5.50. The fourth-order valence-electron chi connectivity index (χ4n) is 2.21. The van der Waals surface area contributed by atoms with E-state index in [0.29, 0.717) is 10.9 Å². The summed E-state index contributed by atoms with van der Waals surface area (Å²) in [5.41, 5.74) is 3.34. The minimum Gasteiger partial charge on any atom is -0.357 e. The summed E-state index contributed by atoms with van der Waals surface area (Å²) in [5, 5.41) is 6.13. The van der Waals surface area contributed by atoms with Crippen LogP contribution in [0.2, 0.25) is 0 Å². The highest BCUT2D eigenvalue weighted by molar-refractivity contribution is 7.10. The van der Waals surface area contributed by atoms with Crippen molar-refractivity contribution in [1.29, 1.82) is 0 Å². The van der Waals surface area contributed by atoms with E-state index >= 15 is 0 Å². The van der Waals surface area contributed by atoms with Gasteiger partial charge < -0.3 is 5.32 Å². The smallest absolute Gasteiger partial charge is 0.134 e. The molecule has 0 aliphatic carbocycles. The second-order valence-electron chi connectivity index (χ2n) is 4.98. The summed E-state index contributed by atoms with van der Waals surface area (Å²) in [5.74, 6) is 0.444. The molecule has 0 radical (unpaired) electrons. The van der Waals surface area contributed by atoms with E-state index in [1.807, 2.05) is 0 Å². The molecule has 1 atom stereocenters. The molecule has 21 heavy (non-hydrogen) atoms. The predicted molar refractivity (Wildman–Crippen MR) is 86.5 cm³/mol. The van der Waals surface area contributed by atoms with Crippen LogP contribution >= 0.6 is 22.9 Å². The highest BCUT2D eigenvalue weighted by Crippen LogP contribution is 2.35. The van der Waals surface area contributed by atoms with Crippen LogP contribution < -0.4 is 5.32 Å². The van der Waals surface area contributed by atoms with Crippen LogP contribution in [-0.4, -0.2) is 5.84 Å². The van der Waals surface area contributed by atoms with Crippen molar-refractivity contribution in [3.8, 4) is 0 Å². The van der Waals surface area contributed by atoms with Crippen molar-refractivity contribution < 1.29 is 4.39 Å². The monoisotopic (exact) mass is 320 g/mol. The van der Waals surface area contributed by atoms with Gasteiger partial charge in [0, 0.05) is 16.6 Å². The van der Waals surface area contributed by atoms with Crippen molar-refractivity contribution in [2.75, 3.05) is 0 Å². The van der Waals surface area contributed by atoms with Crippen LogP contribution in [0.1, 0.15) is 27.6 Å². The van der Waals surface area contributed by atoms with Crippen molar-refractivity contribution in [2.45, 2.75) is 19.9 Å². The molecule has 1 aromatic carbocycles. The Hall–Kier alpha value is -1.65. The zero-order valence-corrected chi connectivity index (χ0v) is 13.2. The lowest BCUT2D eigenvalue weighted by molar-refractivity contribution is 0.627. The number of benzene rings is 1. The van der Waals surface area contributed by atoms with Gasteiger partial charge in [-0.15, -0.1) is 11.3 Å². The number of thiophene rings is 1. The Morgan fingerprint density at radius 2 is 1.95 bits per heavy atom. The normalized spacial score (nSPS) is 18.0. The van der Waals surface area contributed by atoms with E-state index in [1.54, 1.807) is 29.7 Å². The van der Waals surface area contributed by atoms with Gasteiger partial charge in [-0.05, 0) is 54.6 Å². The molecule has 2 heterocycles. The van der Waals surface area contributed by atoms with Gasteiger partial charge in [-0.2, -0.15) is 0 Å². The van der Waals surface area contributed by atoms with E-state index in [2.05, 4.69) is 29.5 Å². The van der Waals surface area contributed by atoms with Crippen molar-refractivity contribution >= 4 is 28.8 Å². The molecule has 0 amide bonds. The maximum Gasteiger partial charge on any atom is 0.134 e. The van der Waals surface area contributed by atoms with Gasteiger partial charge in [-0.3, -0.25) is 0 Å². The second-order valence-corrected chi connectivity index (χ2v) is 6.33. The average molecular weight is 321 g/mol. The molecule has 0 fully saturated rings. The van der Waals surface area contributed by atoms with E-state index in [4.69, 9.17) is 11.6 Å². The number of nitrogens with zero attached hydrogens (tertiary/aromatic N) is 1. The Kier molecular flexibility index (Phi) is 3.83. The highest BCUT2D eigenvalue weighted by atomic mass is 35.5. The van der Waals surface area contributed by atoms with E-state index < -0.39 is 0 Å². The van der Waals surface area contributed by atoms with Crippen molar-refractivity contribution in [1.82, 2.24) is 5.32 Å². The minimum atomic E-state index is -0.259. The molecule has 3 rings (SSSR count). The van der Waals surface area contributed by atoms with Crippen LogP contribution in [0.15, 0.2) is 45.9 Å². The molecule has 0 saturated heterocycles. The number of rotatable bonds is 2. The number of hydrogen-bond donors (Lipinski definition) is 1. The molecule has 5 heteroatoms. The van der Waals surface area contributed by atoms with E-state index in [1.165, 1.54) is 28.1 Å². The van der Waals surface area contributed by atoms with Crippen molar-refractivity contribution in [2.24, 2.45) is 4.99 Å². The minimum absolute atomic E-state index is 0.0945. The van der Waals surface area contributed by atoms with Gasteiger partial charge in [-0.25, -0.2) is 9.38 Å². The summed E-state index contributed by atoms with van der Waals surface area (Å²) in [6, 6.07) is 6.17. The Balaban J connectivity index is 1.94. The molecule has 2 aromatic rings. The summed E-state index contributed by atoms with van der Waals surface area (Å²) >= 11 is 8.00. The number of aliphatic imine (C=N–C) groups is 1. The molecule has 2 nitrogen and oxygen atoms in total. The summed E-state index contributed by atoms with van der Waals surface area (Å²) < 4.78 is 13.0. The van der Waals surface area contributed by atoms with Crippen molar-refractivity contribution in [3.05, 3.63) is 68.3 Å². The lowest BCUT2D eigenvalue weighted by Crippen LogP contribution is -2.31. The largest absolute Gasteiger partial charge is 0.357 e. The Labute approximate surface area is 132 Å². The maximum absolute atomic E-state index is 13.0. The first-order chi connectivity index (χ1) is 10.1. The van der Waals surface area contributed by atoms with Gasteiger partial charge in [0.2, 0.25) is 0 Å². The SMILES string of the molecule is Cc1csc(C2NC(c3ccc(F)cc3)=NC=C2Cl)c1C. The third-order valence-electron chi connectivity index (χ3n) is 3.58. The lowest BCUT2D eigenvalue weighted by atomic mass is 10.1. The molecule has 108 valence electrons. The summed E-state index contributed by atoms with van der Waals surface area (Å²) in [6.07, 6.45) is 1.66. The first-order valence-electron chi connectivity index (χ1n) is 6.56. The predicted octanol–water partition coefficient (Wildman–Crippen LogP) is 4.68. The van der Waals surface area contributed by atoms with Gasteiger partial charge in [0.05, 0.1) is 11.1 Å². The second kappa shape index (κ2) is 5.62. The fourth-order valence-corrected chi connectivity index (χ4v) is 3.63. The molecule has 0 bridgehead atoms. The molecular formula is C16H14ClFN2S. The van der Waals surface area contributed by atoms with Gasteiger partial charge >= 0.3 is 0 Å². The molecule has 1 unspecified atom stereocenters. The quantitative estimate of drug-likeness (QED) is 0.854. The van der Waals surface area contributed by atoms with Gasteiger partial charge in [0.1, 0.15) is 11.7 Å². The number of hydrogen-bond acceptors (Lipinski definition) is 3. The molecular weight excluding hydrogens is 307 g/mol. The Bertz CT molecular complexity index is 731. The topological polar surface area (TPSA) is 24.4 Å². The molecule has 1 aromatic heterocycles. The molecule has 0 spiro atoms. The number of nitrogens with one attached hydrogen (secondary N) is 1. The summed E-state index contributed by atoms with van der Waals surface area (Å²) in [7, 11) is 0. The van der Waals surface area contributed by atoms with Crippen LogP contribution in [0.3, 0.4) is 0 Å². The zero-order valence-electron chi connectivity index (χ0n) is 11.7. The van der Waals surface area contributed by atoms with Crippen LogP contribution in [-0.2, 0) is 0 Å². The fraction of sp³-hybridized carbons (Fsp3) is 0.188.